The lowest BCUT2D eigenvalue weighted by atomic mass is 10.1. The molecule has 2 aromatic carbocycles. The Bertz CT molecular complexity index is 573. The van der Waals surface area contributed by atoms with E-state index in [0.717, 1.165) is 11.1 Å². The van der Waals surface area contributed by atoms with Gasteiger partial charge in [0.2, 0.25) is 6.08 Å². The molecule has 6 heteroatoms. The number of carbonyl (C=O) groups excluding carboxylic acids is 1. The lowest BCUT2D eigenvalue weighted by Gasteiger charge is -2.00. The van der Waals surface area contributed by atoms with Crippen LogP contribution in [0.5, 0.6) is 0 Å². The summed E-state index contributed by atoms with van der Waals surface area (Å²) < 4.78 is 22.8. The second-order valence-electron chi connectivity index (χ2n) is 3.35. The molecule has 0 spiro atoms. The molecule has 19 heavy (non-hydrogen) atoms. The van der Waals surface area contributed by atoms with Crippen LogP contribution in [0.1, 0.15) is 0 Å². The van der Waals surface area contributed by atoms with Crippen LogP contribution in [0.25, 0.3) is 11.1 Å². The maximum Gasteiger partial charge on any atom is 0.299 e. The maximum atomic E-state index is 10.0. The lowest BCUT2D eigenvalue weighted by molar-refractivity contribution is 0.454. The standard InChI is InChI=1S/C13H9NO.H2O3S/c15-10-14-13-8-6-12(7-9-13)11-4-2-1-3-5-11;1-4(2)3/h1-9H;(H2,1,2,3). The van der Waals surface area contributed by atoms with E-state index in [2.05, 4.69) is 4.99 Å². The number of nitrogens with zero attached hydrogens (tertiary/aromatic N) is 1. The molecule has 0 aromatic heterocycles. The van der Waals surface area contributed by atoms with E-state index in [1.807, 2.05) is 42.5 Å². The van der Waals surface area contributed by atoms with Crippen LogP contribution in [0, 0.1) is 0 Å². The minimum Gasteiger partial charge on any atom is -0.284 e. The quantitative estimate of drug-likeness (QED) is 0.502. The van der Waals surface area contributed by atoms with E-state index in [1.165, 1.54) is 6.08 Å². The summed E-state index contributed by atoms with van der Waals surface area (Å²) in [6, 6.07) is 17.5. The van der Waals surface area contributed by atoms with Crippen LogP contribution in [0.2, 0.25) is 0 Å². The topological polar surface area (TPSA) is 87.0 Å². The van der Waals surface area contributed by atoms with Gasteiger partial charge in [-0.3, -0.25) is 9.11 Å². The molecule has 0 fully saturated rings. The summed E-state index contributed by atoms with van der Waals surface area (Å²) in [7, 11) is 0. The van der Waals surface area contributed by atoms with Crippen molar-refractivity contribution < 1.29 is 18.1 Å². The van der Waals surface area contributed by atoms with E-state index in [1.54, 1.807) is 12.1 Å². The molecule has 0 saturated heterocycles. The molecule has 2 N–H and O–H groups in total. The van der Waals surface area contributed by atoms with Crippen LogP contribution in [-0.2, 0) is 16.2 Å². The average molecular weight is 277 g/mol. The van der Waals surface area contributed by atoms with Crippen molar-refractivity contribution in [2.75, 3.05) is 0 Å². The van der Waals surface area contributed by atoms with Gasteiger partial charge >= 0.3 is 0 Å². The van der Waals surface area contributed by atoms with Crippen LogP contribution in [0.4, 0.5) is 5.69 Å². The third-order valence-corrected chi connectivity index (χ3v) is 2.15. The van der Waals surface area contributed by atoms with Crippen molar-refractivity contribution in [3.05, 3.63) is 54.6 Å². The molecule has 0 bridgehead atoms. The SMILES string of the molecule is O=C=Nc1ccc(-c2ccccc2)cc1.O=S(O)O. The molecule has 0 aliphatic rings. The van der Waals surface area contributed by atoms with Crippen molar-refractivity contribution in [2.45, 2.75) is 0 Å². The smallest absolute Gasteiger partial charge is 0.284 e. The Morgan fingerprint density at radius 2 is 1.37 bits per heavy atom. The highest BCUT2D eigenvalue weighted by atomic mass is 32.2. The summed E-state index contributed by atoms with van der Waals surface area (Å²) in [6.07, 6.45) is 1.52. The molecule has 0 aliphatic carbocycles. The molecule has 0 radical (unpaired) electrons. The molecular formula is C13H11NO4S. The van der Waals surface area contributed by atoms with Gasteiger partial charge in [0, 0.05) is 0 Å². The summed E-state index contributed by atoms with van der Waals surface area (Å²) in [6.45, 7) is 0. The first-order valence-corrected chi connectivity index (χ1v) is 6.23. The van der Waals surface area contributed by atoms with Crippen molar-refractivity contribution in [2.24, 2.45) is 4.99 Å². The molecule has 0 saturated carbocycles. The molecule has 5 nitrogen and oxygen atoms in total. The fourth-order valence-electron chi connectivity index (χ4n) is 1.41. The number of isocyanates is 1. The predicted octanol–water partition coefficient (Wildman–Crippen LogP) is 3.00. The first-order valence-electron chi connectivity index (χ1n) is 5.17. The van der Waals surface area contributed by atoms with E-state index in [0.29, 0.717) is 5.69 Å². The highest BCUT2D eigenvalue weighted by Crippen LogP contribution is 2.21. The van der Waals surface area contributed by atoms with Crippen LogP contribution >= 0.6 is 0 Å². The zero-order valence-electron chi connectivity index (χ0n) is 9.76. The normalized spacial score (nSPS) is 9.21. The van der Waals surface area contributed by atoms with Gasteiger partial charge in [-0.05, 0) is 23.3 Å². The summed E-state index contributed by atoms with van der Waals surface area (Å²) in [4.78, 5) is 13.6. The first-order chi connectivity index (χ1) is 9.13. The monoisotopic (exact) mass is 277 g/mol. The fourth-order valence-corrected chi connectivity index (χ4v) is 1.41. The van der Waals surface area contributed by atoms with Crippen molar-refractivity contribution in [3.63, 3.8) is 0 Å². The van der Waals surface area contributed by atoms with Gasteiger partial charge in [-0.15, -0.1) is 0 Å². The molecule has 0 aliphatic heterocycles. The van der Waals surface area contributed by atoms with Crippen molar-refractivity contribution >= 4 is 23.1 Å². The molecular weight excluding hydrogens is 266 g/mol. The molecule has 0 heterocycles. The van der Waals surface area contributed by atoms with E-state index >= 15 is 0 Å². The molecule has 0 unspecified atom stereocenters. The minimum absolute atomic E-state index is 0.629. The number of rotatable bonds is 2. The number of aliphatic imine (C=N–C) groups is 1. The van der Waals surface area contributed by atoms with E-state index in [4.69, 9.17) is 13.3 Å². The van der Waals surface area contributed by atoms with Crippen LogP contribution in [0.15, 0.2) is 59.6 Å². The molecule has 2 rings (SSSR count). The van der Waals surface area contributed by atoms with Crippen LogP contribution in [0.3, 0.4) is 0 Å². The van der Waals surface area contributed by atoms with E-state index in [-0.39, 0.29) is 0 Å². The van der Waals surface area contributed by atoms with Gasteiger partial charge in [0.1, 0.15) is 0 Å². The van der Waals surface area contributed by atoms with Crippen molar-refractivity contribution in [1.82, 2.24) is 0 Å². The third-order valence-electron chi connectivity index (χ3n) is 2.15. The Hall–Kier alpha value is -2.11. The number of benzene rings is 2. The van der Waals surface area contributed by atoms with Gasteiger partial charge in [-0.1, -0.05) is 42.5 Å². The molecule has 98 valence electrons. The number of hydrogen-bond donors (Lipinski definition) is 2. The van der Waals surface area contributed by atoms with Gasteiger partial charge in [0.05, 0.1) is 5.69 Å². The zero-order chi connectivity index (χ0) is 14.1. The van der Waals surface area contributed by atoms with Crippen LogP contribution < -0.4 is 0 Å². The maximum absolute atomic E-state index is 10.0. The Balaban J connectivity index is 0.000000399. The van der Waals surface area contributed by atoms with Crippen LogP contribution in [-0.4, -0.2) is 19.4 Å². The molecule has 2 aromatic rings. The summed E-state index contributed by atoms with van der Waals surface area (Å²) in [5.74, 6) is 0. The third kappa shape index (κ3) is 5.85. The average Bonchev–Trinajstić information content (AvgIpc) is 2.40. The van der Waals surface area contributed by atoms with Gasteiger partial charge < -0.3 is 0 Å². The van der Waals surface area contributed by atoms with Gasteiger partial charge in [0.25, 0.3) is 11.4 Å². The Morgan fingerprint density at radius 1 is 0.895 bits per heavy atom. The molecule has 0 atom stereocenters. The fraction of sp³-hybridized carbons (Fsp3) is 0. The first kappa shape index (κ1) is 14.9. The van der Waals surface area contributed by atoms with Crippen molar-refractivity contribution in [1.29, 1.82) is 0 Å². The largest absolute Gasteiger partial charge is 0.299 e. The molecule has 0 amide bonds. The summed E-state index contributed by atoms with van der Waals surface area (Å²) in [5, 5.41) is 0. The van der Waals surface area contributed by atoms with Gasteiger partial charge in [-0.2, -0.15) is 9.20 Å². The minimum atomic E-state index is -2.61. The second kappa shape index (κ2) is 8.07. The van der Waals surface area contributed by atoms with Gasteiger partial charge in [0.15, 0.2) is 0 Å². The Kier molecular flexibility index (Phi) is 6.35. The van der Waals surface area contributed by atoms with E-state index < -0.39 is 11.4 Å². The Labute approximate surface area is 112 Å². The van der Waals surface area contributed by atoms with Crippen molar-refractivity contribution in [3.8, 4) is 11.1 Å². The van der Waals surface area contributed by atoms with Gasteiger partial charge in [-0.25, -0.2) is 4.79 Å². The zero-order valence-corrected chi connectivity index (χ0v) is 10.6. The highest BCUT2D eigenvalue weighted by Gasteiger charge is 1.95. The summed E-state index contributed by atoms with van der Waals surface area (Å²) in [5.41, 5.74) is 2.89. The Morgan fingerprint density at radius 3 is 1.84 bits per heavy atom. The lowest BCUT2D eigenvalue weighted by Crippen LogP contribution is -1.75. The summed E-state index contributed by atoms with van der Waals surface area (Å²) >= 11 is -2.61. The number of hydrogen-bond acceptors (Lipinski definition) is 3. The second-order valence-corrected chi connectivity index (χ2v) is 3.81. The predicted molar refractivity (Wildman–Crippen MR) is 73.1 cm³/mol. The van der Waals surface area contributed by atoms with E-state index in [9.17, 15) is 4.79 Å². The highest BCUT2D eigenvalue weighted by molar-refractivity contribution is 7.73.